The Morgan fingerprint density at radius 2 is 1.75 bits per heavy atom. The Balaban J connectivity index is 1.41. The Morgan fingerprint density at radius 3 is 2.34 bits per heavy atom. The fraction of sp³-hybridized carbons (Fsp3) is 0.542. The summed E-state index contributed by atoms with van der Waals surface area (Å²) in [5.41, 5.74) is 0.448. The van der Waals surface area contributed by atoms with E-state index in [1.807, 2.05) is 12.1 Å². The molecule has 2 aliphatic rings. The van der Waals surface area contributed by atoms with Gasteiger partial charge in [-0.05, 0) is 80.6 Å². The van der Waals surface area contributed by atoms with Crippen LogP contribution in [0.1, 0.15) is 55.3 Å². The van der Waals surface area contributed by atoms with Crippen molar-refractivity contribution in [2.75, 3.05) is 32.7 Å². The van der Waals surface area contributed by atoms with Gasteiger partial charge in [0, 0.05) is 25.2 Å². The highest BCUT2D eigenvalue weighted by atomic mass is 32.2. The monoisotopic (exact) mass is 459 g/mol. The third-order valence-electron chi connectivity index (χ3n) is 6.50. The molecule has 174 valence electrons. The smallest absolute Gasteiger partial charge is 0.251 e. The predicted octanol–water partition coefficient (Wildman–Crippen LogP) is 3.51. The fourth-order valence-corrected chi connectivity index (χ4v) is 6.64. The number of likely N-dealkylation sites (tertiary alicyclic amines) is 1. The van der Waals surface area contributed by atoms with Crippen LogP contribution >= 0.6 is 0 Å². The Labute approximate surface area is 190 Å². The Bertz CT molecular complexity index is 988. The molecule has 0 unspecified atom stereocenters. The number of furan rings is 1. The number of amides is 1. The van der Waals surface area contributed by atoms with Crippen molar-refractivity contribution in [2.45, 2.75) is 44.0 Å². The number of sulfonamides is 1. The summed E-state index contributed by atoms with van der Waals surface area (Å²) < 4.78 is 33.3. The lowest BCUT2D eigenvalue weighted by Gasteiger charge is -2.34. The van der Waals surface area contributed by atoms with Crippen LogP contribution in [0, 0.1) is 11.8 Å². The number of nitrogens with one attached hydrogen (secondary N) is 1. The van der Waals surface area contributed by atoms with Crippen LogP contribution in [0.2, 0.25) is 0 Å². The largest absolute Gasteiger partial charge is 0.468 e. The quantitative estimate of drug-likeness (QED) is 0.685. The predicted molar refractivity (Wildman–Crippen MR) is 123 cm³/mol. The standard InChI is InChI=1S/C24H33N3O4S/c1-18-14-19(2)17-27(16-18)32(29,30)21-9-7-20(8-10-21)24(28)25-15-22(23-6-5-13-31-23)26-11-3-4-12-26/h5-10,13,18-19,22H,3-4,11-12,14-17H2,1-2H3,(H,25,28)/t18-,19+,22-/m1/s1. The van der Waals surface area contributed by atoms with E-state index in [2.05, 4.69) is 24.1 Å². The van der Waals surface area contributed by atoms with Gasteiger partial charge in [-0.25, -0.2) is 8.42 Å². The first-order valence-electron chi connectivity index (χ1n) is 11.5. The molecule has 7 nitrogen and oxygen atoms in total. The molecule has 0 saturated carbocycles. The summed E-state index contributed by atoms with van der Waals surface area (Å²) in [5.74, 6) is 1.32. The average Bonchev–Trinajstić information content (AvgIpc) is 3.48. The van der Waals surface area contributed by atoms with Crippen molar-refractivity contribution in [3.8, 4) is 0 Å². The number of carbonyl (C=O) groups is 1. The zero-order valence-corrected chi connectivity index (χ0v) is 19.7. The van der Waals surface area contributed by atoms with Gasteiger partial charge >= 0.3 is 0 Å². The van der Waals surface area contributed by atoms with Crippen molar-refractivity contribution in [3.05, 3.63) is 54.0 Å². The Hall–Kier alpha value is -2.16. The lowest BCUT2D eigenvalue weighted by atomic mass is 9.94. The van der Waals surface area contributed by atoms with Gasteiger partial charge in [0.05, 0.1) is 17.2 Å². The van der Waals surface area contributed by atoms with Crippen molar-refractivity contribution in [1.82, 2.24) is 14.5 Å². The third-order valence-corrected chi connectivity index (χ3v) is 8.34. The van der Waals surface area contributed by atoms with Gasteiger partial charge in [-0.3, -0.25) is 9.69 Å². The zero-order valence-electron chi connectivity index (χ0n) is 18.9. The number of rotatable bonds is 7. The molecule has 8 heteroatoms. The highest BCUT2D eigenvalue weighted by Crippen LogP contribution is 2.27. The van der Waals surface area contributed by atoms with E-state index in [4.69, 9.17) is 4.42 Å². The first kappa shape index (κ1) is 23.0. The van der Waals surface area contributed by atoms with Crippen LogP contribution in [0.3, 0.4) is 0 Å². The van der Waals surface area contributed by atoms with Crippen LogP contribution in [-0.2, 0) is 10.0 Å². The average molecular weight is 460 g/mol. The molecule has 0 radical (unpaired) electrons. The van der Waals surface area contributed by atoms with Crippen LogP contribution < -0.4 is 5.32 Å². The normalized spacial score (nSPS) is 23.8. The third kappa shape index (κ3) is 5.08. The molecular weight excluding hydrogens is 426 g/mol. The SMILES string of the molecule is C[C@@H]1C[C@H](C)CN(S(=O)(=O)c2ccc(C(=O)NC[C@H](c3ccco3)N3CCCC3)cc2)C1. The second-order valence-corrected chi connectivity index (χ2v) is 11.2. The Morgan fingerprint density at radius 1 is 1.09 bits per heavy atom. The summed E-state index contributed by atoms with van der Waals surface area (Å²) in [4.78, 5) is 15.3. The maximum atomic E-state index is 13.1. The van der Waals surface area contributed by atoms with E-state index < -0.39 is 10.0 Å². The number of nitrogens with zero attached hydrogens (tertiary/aromatic N) is 2. The van der Waals surface area contributed by atoms with Crippen LogP contribution in [0.15, 0.2) is 52.0 Å². The molecule has 0 bridgehead atoms. The van der Waals surface area contributed by atoms with Crippen LogP contribution in [0.5, 0.6) is 0 Å². The van der Waals surface area contributed by atoms with Crippen molar-refractivity contribution in [3.63, 3.8) is 0 Å². The van der Waals surface area contributed by atoms with E-state index in [0.29, 0.717) is 37.0 Å². The minimum atomic E-state index is -3.55. The molecule has 2 aliphatic heterocycles. The molecule has 1 amide bonds. The molecule has 0 aliphatic carbocycles. The van der Waals surface area contributed by atoms with Gasteiger partial charge in [0.25, 0.3) is 5.91 Å². The van der Waals surface area contributed by atoms with Gasteiger partial charge < -0.3 is 9.73 Å². The maximum absolute atomic E-state index is 13.1. The van der Waals surface area contributed by atoms with E-state index in [9.17, 15) is 13.2 Å². The Kier molecular flexibility index (Phi) is 7.02. The zero-order chi connectivity index (χ0) is 22.7. The van der Waals surface area contributed by atoms with Crippen molar-refractivity contribution < 1.29 is 17.6 Å². The number of hydrogen-bond donors (Lipinski definition) is 1. The van der Waals surface area contributed by atoms with E-state index >= 15 is 0 Å². The molecule has 1 aromatic carbocycles. The van der Waals surface area contributed by atoms with Gasteiger partial charge in [-0.15, -0.1) is 0 Å². The molecule has 32 heavy (non-hydrogen) atoms. The van der Waals surface area contributed by atoms with Crippen LogP contribution in [0.4, 0.5) is 0 Å². The van der Waals surface area contributed by atoms with Gasteiger partial charge in [0.15, 0.2) is 0 Å². The van der Waals surface area contributed by atoms with Crippen molar-refractivity contribution in [2.24, 2.45) is 11.8 Å². The first-order chi connectivity index (χ1) is 15.3. The molecule has 4 rings (SSSR count). The lowest BCUT2D eigenvalue weighted by molar-refractivity contribution is 0.0933. The minimum Gasteiger partial charge on any atom is -0.468 e. The van der Waals surface area contributed by atoms with Crippen molar-refractivity contribution in [1.29, 1.82) is 0 Å². The molecule has 2 aromatic rings. The molecule has 2 saturated heterocycles. The van der Waals surface area contributed by atoms with E-state index in [0.717, 1.165) is 38.1 Å². The van der Waals surface area contributed by atoms with Gasteiger partial charge in [0.1, 0.15) is 5.76 Å². The van der Waals surface area contributed by atoms with Crippen LogP contribution in [-0.4, -0.2) is 56.3 Å². The summed E-state index contributed by atoms with van der Waals surface area (Å²) in [5, 5.41) is 3.00. The fourth-order valence-electron chi connectivity index (χ4n) is 4.96. The molecule has 0 spiro atoms. The molecule has 1 N–H and O–H groups in total. The van der Waals surface area contributed by atoms with E-state index in [1.54, 1.807) is 34.8 Å². The molecule has 3 atom stereocenters. The summed E-state index contributed by atoms with van der Waals surface area (Å²) in [6.07, 6.45) is 5.00. The van der Waals surface area contributed by atoms with Crippen LogP contribution in [0.25, 0.3) is 0 Å². The molecule has 3 heterocycles. The second kappa shape index (κ2) is 9.77. The van der Waals surface area contributed by atoms with Gasteiger partial charge in [-0.1, -0.05) is 13.8 Å². The summed E-state index contributed by atoms with van der Waals surface area (Å²) in [6, 6.07) is 10.1. The highest BCUT2D eigenvalue weighted by molar-refractivity contribution is 7.89. The van der Waals surface area contributed by atoms with E-state index in [1.165, 1.54) is 0 Å². The topological polar surface area (TPSA) is 82.9 Å². The second-order valence-electron chi connectivity index (χ2n) is 9.28. The first-order valence-corrected chi connectivity index (χ1v) is 12.9. The number of hydrogen-bond acceptors (Lipinski definition) is 5. The number of carbonyl (C=O) groups excluding carboxylic acids is 1. The van der Waals surface area contributed by atoms with E-state index in [-0.39, 0.29) is 16.8 Å². The number of piperidine rings is 1. The summed E-state index contributed by atoms with van der Waals surface area (Å²) >= 11 is 0. The lowest BCUT2D eigenvalue weighted by Crippen LogP contribution is -2.42. The maximum Gasteiger partial charge on any atom is 0.251 e. The highest BCUT2D eigenvalue weighted by Gasteiger charge is 2.32. The number of benzene rings is 1. The van der Waals surface area contributed by atoms with Crippen molar-refractivity contribution >= 4 is 15.9 Å². The molecule has 1 aromatic heterocycles. The summed E-state index contributed by atoms with van der Waals surface area (Å²) in [7, 11) is -3.55. The minimum absolute atomic E-state index is 0.000758. The van der Waals surface area contributed by atoms with Gasteiger partial charge in [0.2, 0.25) is 10.0 Å². The molecule has 2 fully saturated rings. The molecular formula is C24H33N3O4S. The summed E-state index contributed by atoms with van der Waals surface area (Å²) in [6.45, 7) is 7.67. The van der Waals surface area contributed by atoms with Gasteiger partial charge in [-0.2, -0.15) is 4.31 Å².